The Morgan fingerprint density at radius 3 is 1.78 bits per heavy atom. The van der Waals surface area contributed by atoms with Crippen LogP contribution in [0.2, 0.25) is 0 Å². The molecule has 0 saturated carbocycles. The van der Waals surface area contributed by atoms with Crippen molar-refractivity contribution in [3.8, 4) is 0 Å². The first kappa shape index (κ1) is 16.9. The monoisotopic (exact) mass is 310 g/mol. The van der Waals surface area contributed by atoms with Gasteiger partial charge in [0, 0.05) is 12.3 Å². The molecule has 23 heavy (non-hydrogen) atoms. The summed E-state index contributed by atoms with van der Waals surface area (Å²) in [7, 11) is 0. The highest BCUT2D eigenvalue weighted by Gasteiger charge is 2.23. The van der Waals surface area contributed by atoms with Crippen LogP contribution in [0.1, 0.15) is 17.5 Å². The lowest BCUT2D eigenvalue weighted by atomic mass is 9.90. The first-order valence-electron chi connectivity index (χ1n) is 7.71. The molecule has 120 valence electrons. The van der Waals surface area contributed by atoms with Crippen molar-refractivity contribution in [2.24, 2.45) is 17.4 Å². The van der Waals surface area contributed by atoms with E-state index in [0.29, 0.717) is 12.8 Å². The Morgan fingerprint density at radius 1 is 0.826 bits per heavy atom. The molecule has 0 unspecified atom stereocenters. The molecule has 0 aliphatic rings. The number of benzene rings is 2. The summed E-state index contributed by atoms with van der Waals surface area (Å²) in [6, 6.07) is 18.5. The molecule has 0 bridgehead atoms. The molecule has 2 atom stereocenters. The molecule has 2 rings (SSSR count). The molecule has 4 heteroatoms. The van der Waals surface area contributed by atoms with Crippen LogP contribution in [0.15, 0.2) is 60.7 Å². The lowest BCUT2D eigenvalue weighted by molar-refractivity contribution is -0.127. The van der Waals surface area contributed by atoms with Gasteiger partial charge in [0.25, 0.3) is 0 Å². The van der Waals surface area contributed by atoms with Crippen LogP contribution in [0.25, 0.3) is 0 Å². The number of carbonyl (C=O) groups excluding carboxylic acids is 2. The number of hydrogen-bond donors (Lipinski definition) is 2. The quantitative estimate of drug-likeness (QED) is 0.780. The largest absolute Gasteiger partial charge is 0.369 e. The predicted molar refractivity (Wildman–Crippen MR) is 90.6 cm³/mol. The van der Waals surface area contributed by atoms with Gasteiger partial charge in [0.05, 0.1) is 6.04 Å². The van der Waals surface area contributed by atoms with E-state index in [1.165, 1.54) is 0 Å². The van der Waals surface area contributed by atoms with Crippen LogP contribution in [0.4, 0.5) is 0 Å². The fourth-order valence-corrected chi connectivity index (χ4v) is 2.55. The van der Waals surface area contributed by atoms with Crippen LogP contribution in [-0.4, -0.2) is 17.7 Å². The Kier molecular flexibility index (Phi) is 6.06. The smallest absolute Gasteiger partial charge is 0.221 e. The molecule has 0 radical (unpaired) electrons. The maximum Gasteiger partial charge on any atom is 0.221 e. The number of carbonyl (C=O) groups is 2. The third-order valence-corrected chi connectivity index (χ3v) is 3.89. The second-order valence-corrected chi connectivity index (χ2v) is 5.76. The first-order valence-corrected chi connectivity index (χ1v) is 7.71. The lowest BCUT2D eigenvalue weighted by Crippen LogP contribution is -2.37. The molecule has 0 aromatic heterocycles. The van der Waals surface area contributed by atoms with Crippen molar-refractivity contribution in [1.29, 1.82) is 0 Å². The molecule has 1 amide bonds. The zero-order chi connectivity index (χ0) is 16.7. The van der Waals surface area contributed by atoms with Gasteiger partial charge in [-0.15, -0.1) is 0 Å². The minimum Gasteiger partial charge on any atom is -0.369 e. The molecule has 2 aromatic rings. The normalized spacial score (nSPS) is 13.3. The number of hydrogen-bond acceptors (Lipinski definition) is 3. The molecule has 0 aliphatic carbocycles. The van der Waals surface area contributed by atoms with E-state index in [9.17, 15) is 9.59 Å². The standard InChI is InChI=1S/C19H22N2O2/c20-17(12-15-9-5-2-6-10-15)18(22)13-16(19(21)23)11-14-7-3-1-4-8-14/h1-10,16-17H,11-13,20H2,(H2,21,23)/t16-,17-/m0/s1. The van der Waals surface area contributed by atoms with Crippen molar-refractivity contribution >= 4 is 11.7 Å². The first-order chi connectivity index (χ1) is 11.1. The highest BCUT2D eigenvalue weighted by molar-refractivity contribution is 5.89. The zero-order valence-corrected chi connectivity index (χ0v) is 13.0. The number of ketones is 1. The van der Waals surface area contributed by atoms with Gasteiger partial charge in [0.15, 0.2) is 5.78 Å². The summed E-state index contributed by atoms with van der Waals surface area (Å²) >= 11 is 0. The Balaban J connectivity index is 1.96. The SMILES string of the molecule is NC(=O)[C@H](CC(=O)[C@@H](N)Cc1ccccc1)Cc1ccccc1. The maximum atomic E-state index is 12.3. The lowest BCUT2D eigenvalue weighted by Gasteiger charge is -2.16. The molecule has 4 N–H and O–H groups in total. The number of primary amides is 1. The summed E-state index contributed by atoms with van der Waals surface area (Å²) in [5.41, 5.74) is 13.4. The fourth-order valence-electron chi connectivity index (χ4n) is 2.55. The van der Waals surface area contributed by atoms with Gasteiger partial charge in [-0.25, -0.2) is 0 Å². The number of rotatable bonds is 8. The molecule has 2 aromatic carbocycles. The summed E-state index contributed by atoms with van der Waals surface area (Å²) in [6.45, 7) is 0. The predicted octanol–water partition coefficient (Wildman–Crippen LogP) is 1.86. The minimum absolute atomic E-state index is 0.0816. The molecular formula is C19H22N2O2. The van der Waals surface area contributed by atoms with Crippen molar-refractivity contribution in [1.82, 2.24) is 0 Å². The Morgan fingerprint density at radius 2 is 1.30 bits per heavy atom. The maximum absolute atomic E-state index is 12.3. The number of amides is 1. The van der Waals surface area contributed by atoms with Gasteiger partial charge in [-0.2, -0.15) is 0 Å². The molecule has 0 aliphatic heterocycles. The van der Waals surface area contributed by atoms with E-state index in [1.54, 1.807) is 0 Å². The van der Waals surface area contributed by atoms with Gasteiger partial charge in [-0.05, 0) is 24.0 Å². The van der Waals surface area contributed by atoms with E-state index in [1.807, 2.05) is 60.7 Å². The van der Waals surface area contributed by atoms with Crippen molar-refractivity contribution in [2.45, 2.75) is 25.3 Å². The van der Waals surface area contributed by atoms with E-state index < -0.39 is 17.9 Å². The van der Waals surface area contributed by atoms with Gasteiger partial charge in [0.2, 0.25) is 5.91 Å². The molecule has 0 spiro atoms. The van der Waals surface area contributed by atoms with Crippen LogP contribution < -0.4 is 11.5 Å². The topological polar surface area (TPSA) is 86.2 Å². The van der Waals surface area contributed by atoms with Crippen molar-refractivity contribution in [3.05, 3.63) is 71.8 Å². The van der Waals surface area contributed by atoms with Crippen LogP contribution in [0, 0.1) is 5.92 Å². The highest BCUT2D eigenvalue weighted by atomic mass is 16.1. The van der Waals surface area contributed by atoms with Crippen molar-refractivity contribution in [3.63, 3.8) is 0 Å². The highest BCUT2D eigenvalue weighted by Crippen LogP contribution is 2.14. The molecule has 0 fully saturated rings. The summed E-state index contributed by atoms with van der Waals surface area (Å²) in [6.07, 6.45) is 1.01. The average molecular weight is 310 g/mol. The van der Waals surface area contributed by atoms with E-state index >= 15 is 0 Å². The van der Waals surface area contributed by atoms with Crippen molar-refractivity contribution in [2.75, 3.05) is 0 Å². The van der Waals surface area contributed by atoms with Gasteiger partial charge in [-0.3, -0.25) is 9.59 Å². The molecule has 0 saturated heterocycles. The molecule has 0 heterocycles. The van der Waals surface area contributed by atoms with Gasteiger partial charge in [-0.1, -0.05) is 60.7 Å². The van der Waals surface area contributed by atoms with Gasteiger partial charge < -0.3 is 11.5 Å². The van der Waals surface area contributed by atoms with Crippen molar-refractivity contribution < 1.29 is 9.59 Å². The van der Waals surface area contributed by atoms with E-state index in [0.717, 1.165) is 11.1 Å². The van der Waals surface area contributed by atoms with E-state index in [-0.39, 0.29) is 12.2 Å². The third-order valence-electron chi connectivity index (χ3n) is 3.89. The van der Waals surface area contributed by atoms with Crippen LogP contribution in [-0.2, 0) is 22.4 Å². The molecular weight excluding hydrogens is 288 g/mol. The van der Waals surface area contributed by atoms with Crippen LogP contribution >= 0.6 is 0 Å². The van der Waals surface area contributed by atoms with Crippen LogP contribution in [0.5, 0.6) is 0 Å². The summed E-state index contributed by atoms with van der Waals surface area (Å²) in [4.78, 5) is 24.0. The number of Topliss-reactive ketones (excluding diaryl/α,β-unsaturated/α-hetero) is 1. The number of nitrogens with two attached hydrogens (primary N) is 2. The summed E-state index contributed by atoms with van der Waals surface area (Å²) in [5, 5.41) is 0. The Bertz CT molecular complexity index is 641. The third kappa shape index (κ3) is 5.34. The zero-order valence-electron chi connectivity index (χ0n) is 13.0. The fraction of sp³-hybridized carbons (Fsp3) is 0.263. The van der Waals surface area contributed by atoms with Crippen LogP contribution in [0.3, 0.4) is 0 Å². The molecule has 4 nitrogen and oxygen atoms in total. The van der Waals surface area contributed by atoms with Gasteiger partial charge in [0.1, 0.15) is 0 Å². The second kappa shape index (κ2) is 8.25. The van der Waals surface area contributed by atoms with E-state index in [2.05, 4.69) is 0 Å². The summed E-state index contributed by atoms with van der Waals surface area (Å²) in [5.74, 6) is -1.12. The second-order valence-electron chi connectivity index (χ2n) is 5.76. The van der Waals surface area contributed by atoms with Gasteiger partial charge >= 0.3 is 0 Å². The average Bonchev–Trinajstić information content (AvgIpc) is 2.56. The summed E-state index contributed by atoms with van der Waals surface area (Å²) < 4.78 is 0. The Labute approximate surface area is 136 Å². The minimum atomic E-state index is -0.616. The Hall–Kier alpha value is -2.46. The van der Waals surface area contributed by atoms with E-state index in [4.69, 9.17) is 11.5 Å².